The van der Waals surface area contributed by atoms with Gasteiger partial charge in [0.1, 0.15) is 0 Å². The third kappa shape index (κ3) is 3.60. The van der Waals surface area contributed by atoms with Gasteiger partial charge < -0.3 is 10.5 Å². The molecule has 3 amide bonds. The molecule has 0 saturated carbocycles. The highest BCUT2D eigenvalue weighted by atomic mass is 16.5. The molecule has 1 aromatic carbocycles. The van der Waals surface area contributed by atoms with E-state index < -0.39 is 6.03 Å². The van der Waals surface area contributed by atoms with Crippen LogP contribution in [0.15, 0.2) is 29.4 Å². The van der Waals surface area contributed by atoms with Crippen molar-refractivity contribution in [3.05, 3.63) is 35.4 Å². The Bertz CT molecular complexity index is 602. The van der Waals surface area contributed by atoms with Crippen molar-refractivity contribution in [1.29, 1.82) is 0 Å². The van der Waals surface area contributed by atoms with E-state index in [1.54, 1.807) is 20.1 Å². The van der Waals surface area contributed by atoms with Gasteiger partial charge in [-0.1, -0.05) is 18.2 Å². The Labute approximate surface area is 128 Å². The monoisotopic (exact) mass is 305 g/mol. The molecule has 0 spiro atoms. The summed E-state index contributed by atoms with van der Waals surface area (Å²) in [5, 5.41) is 5.30. The van der Waals surface area contributed by atoms with Crippen molar-refractivity contribution in [2.24, 2.45) is 10.8 Å². The number of rotatable bonds is 5. The third-order valence-corrected chi connectivity index (χ3v) is 3.28. The molecule has 0 bridgehead atoms. The minimum Gasteiger partial charge on any atom is -0.361 e. The van der Waals surface area contributed by atoms with Gasteiger partial charge in [-0.05, 0) is 13.0 Å². The van der Waals surface area contributed by atoms with Crippen molar-refractivity contribution >= 4 is 17.6 Å². The Hall–Kier alpha value is -2.45. The average molecular weight is 305 g/mol. The first-order valence-corrected chi connectivity index (χ1v) is 6.81. The summed E-state index contributed by atoms with van der Waals surface area (Å²) in [4.78, 5) is 23.0. The highest BCUT2D eigenvalue weighted by molar-refractivity contribution is 5.96. The van der Waals surface area contributed by atoms with Gasteiger partial charge in [0.25, 0.3) is 5.91 Å². The van der Waals surface area contributed by atoms with Gasteiger partial charge in [-0.15, -0.1) is 0 Å². The number of carbonyl (C=O) groups is 2. The number of amides is 3. The molecule has 1 heterocycles. The second-order valence-corrected chi connectivity index (χ2v) is 4.86. The lowest BCUT2D eigenvalue weighted by Crippen LogP contribution is -2.50. The smallest absolute Gasteiger partial charge is 0.332 e. The largest absolute Gasteiger partial charge is 0.361 e. The first-order valence-electron chi connectivity index (χ1n) is 6.81. The molecule has 8 heteroatoms. The first-order chi connectivity index (χ1) is 10.5. The Balaban J connectivity index is 2.06. The van der Waals surface area contributed by atoms with Crippen molar-refractivity contribution in [2.45, 2.75) is 19.6 Å². The van der Waals surface area contributed by atoms with Crippen LogP contribution in [-0.4, -0.2) is 36.3 Å². The number of hydrazone groups is 1. The molecule has 2 rings (SSSR count). The normalized spacial score (nSPS) is 18.1. The lowest BCUT2D eigenvalue weighted by atomic mass is 10.0. The summed E-state index contributed by atoms with van der Waals surface area (Å²) in [5.41, 5.74) is 12.2. The van der Waals surface area contributed by atoms with Crippen LogP contribution in [0.4, 0.5) is 4.79 Å². The zero-order chi connectivity index (χ0) is 16.1. The number of nitrogens with zero attached hydrogens (tertiary/aromatic N) is 2. The summed E-state index contributed by atoms with van der Waals surface area (Å²) in [6, 6.07) is 6.58. The first kappa shape index (κ1) is 15.9. The van der Waals surface area contributed by atoms with Crippen LogP contribution in [0, 0.1) is 0 Å². The molecule has 4 N–H and O–H groups in total. The highest BCUT2D eigenvalue weighted by Crippen LogP contribution is 2.25. The van der Waals surface area contributed by atoms with Crippen molar-refractivity contribution in [2.75, 3.05) is 13.7 Å². The van der Waals surface area contributed by atoms with Crippen LogP contribution in [0.2, 0.25) is 0 Å². The Morgan fingerprint density at radius 3 is 2.91 bits per heavy atom. The standard InChI is InChI=1S/C14H19N5O3/c1-9(16-17-14(15)21)7-8-19-13(20)11-6-4-3-5-10(11)12(18-19)22-2/h3-6,12,18H,7-8H2,1-2H3,(H3,15,17,21)/b16-9+. The van der Waals surface area contributed by atoms with Gasteiger partial charge in [0.05, 0.1) is 0 Å². The van der Waals surface area contributed by atoms with Gasteiger partial charge in [0.2, 0.25) is 0 Å². The van der Waals surface area contributed by atoms with Crippen LogP contribution < -0.4 is 16.6 Å². The maximum Gasteiger partial charge on any atom is 0.332 e. The maximum atomic E-state index is 12.4. The molecule has 0 aromatic heterocycles. The highest BCUT2D eigenvalue weighted by Gasteiger charge is 2.30. The van der Waals surface area contributed by atoms with Gasteiger partial charge in [-0.25, -0.2) is 10.2 Å². The quantitative estimate of drug-likeness (QED) is 0.550. The van der Waals surface area contributed by atoms with Gasteiger partial charge in [0, 0.05) is 36.9 Å². The van der Waals surface area contributed by atoms with E-state index >= 15 is 0 Å². The molecule has 0 saturated heterocycles. The third-order valence-electron chi connectivity index (χ3n) is 3.28. The van der Waals surface area contributed by atoms with E-state index in [4.69, 9.17) is 10.5 Å². The van der Waals surface area contributed by atoms with Crippen LogP contribution in [-0.2, 0) is 4.74 Å². The lowest BCUT2D eigenvalue weighted by molar-refractivity contribution is -0.00591. The summed E-state index contributed by atoms with van der Waals surface area (Å²) >= 11 is 0. The number of primary amides is 1. The van der Waals surface area contributed by atoms with Crippen LogP contribution in [0.1, 0.15) is 35.5 Å². The van der Waals surface area contributed by atoms with E-state index in [-0.39, 0.29) is 12.1 Å². The molecule has 0 fully saturated rings. The summed E-state index contributed by atoms with van der Waals surface area (Å²) in [5.74, 6) is -0.125. The number of hydrogen-bond donors (Lipinski definition) is 3. The van der Waals surface area contributed by atoms with Crippen LogP contribution in [0.5, 0.6) is 0 Å². The van der Waals surface area contributed by atoms with Crippen molar-refractivity contribution in [3.63, 3.8) is 0 Å². The summed E-state index contributed by atoms with van der Waals surface area (Å²) < 4.78 is 5.37. The number of urea groups is 1. The molecule has 22 heavy (non-hydrogen) atoms. The van der Waals surface area contributed by atoms with Gasteiger partial charge in [-0.2, -0.15) is 10.5 Å². The molecule has 8 nitrogen and oxygen atoms in total. The van der Waals surface area contributed by atoms with Gasteiger partial charge in [0.15, 0.2) is 6.23 Å². The fraction of sp³-hybridized carbons (Fsp3) is 0.357. The second-order valence-electron chi connectivity index (χ2n) is 4.86. The average Bonchev–Trinajstić information content (AvgIpc) is 2.52. The molecular formula is C14H19N5O3. The lowest BCUT2D eigenvalue weighted by Gasteiger charge is -2.34. The minimum absolute atomic E-state index is 0.125. The molecule has 0 radical (unpaired) electrons. The van der Waals surface area contributed by atoms with E-state index in [1.807, 2.05) is 18.2 Å². The number of nitrogens with two attached hydrogens (primary N) is 1. The van der Waals surface area contributed by atoms with Gasteiger partial charge >= 0.3 is 6.03 Å². The molecule has 118 valence electrons. The molecule has 1 aliphatic rings. The second kappa shape index (κ2) is 7.01. The van der Waals surface area contributed by atoms with Crippen LogP contribution >= 0.6 is 0 Å². The molecule has 1 atom stereocenters. The fourth-order valence-electron chi connectivity index (χ4n) is 2.16. The van der Waals surface area contributed by atoms with Crippen molar-refractivity contribution < 1.29 is 14.3 Å². The van der Waals surface area contributed by atoms with Gasteiger partial charge in [-0.3, -0.25) is 9.80 Å². The minimum atomic E-state index is -0.722. The van der Waals surface area contributed by atoms with Crippen LogP contribution in [0.25, 0.3) is 0 Å². The summed E-state index contributed by atoms with van der Waals surface area (Å²) in [6.07, 6.45) is 0.104. The number of hydrazine groups is 1. The number of nitrogens with one attached hydrogen (secondary N) is 2. The SMILES string of the molecule is COC1NN(CC/C(C)=N/NC(N)=O)C(=O)c2ccccc21. The number of hydrogen-bond acceptors (Lipinski definition) is 5. The molecule has 1 aliphatic heterocycles. The topological polar surface area (TPSA) is 109 Å². The Kier molecular flexibility index (Phi) is 5.08. The molecule has 1 aromatic rings. The van der Waals surface area contributed by atoms with Crippen molar-refractivity contribution in [3.8, 4) is 0 Å². The van der Waals surface area contributed by atoms with E-state index in [2.05, 4.69) is 16.0 Å². The molecule has 0 aliphatic carbocycles. The predicted octanol–water partition coefficient (Wildman–Crippen LogP) is 0.726. The fourth-order valence-corrected chi connectivity index (χ4v) is 2.16. The van der Waals surface area contributed by atoms with E-state index in [0.717, 1.165) is 5.56 Å². The molecule has 1 unspecified atom stereocenters. The number of carbonyl (C=O) groups excluding carboxylic acids is 2. The Morgan fingerprint density at radius 2 is 2.23 bits per heavy atom. The maximum absolute atomic E-state index is 12.4. The van der Waals surface area contributed by atoms with E-state index in [0.29, 0.717) is 24.2 Å². The molecular weight excluding hydrogens is 286 g/mol. The number of benzene rings is 1. The summed E-state index contributed by atoms with van der Waals surface area (Å²) in [7, 11) is 1.58. The van der Waals surface area contributed by atoms with E-state index in [9.17, 15) is 9.59 Å². The zero-order valence-electron chi connectivity index (χ0n) is 12.5. The van der Waals surface area contributed by atoms with Crippen molar-refractivity contribution in [1.82, 2.24) is 15.9 Å². The number of ether oxygens (including phenoxy) is 1. The predicted molar refractivity (Wildman–Crippen MR) is 80.8 cm³/mol. The zero-order valence-corrected chi connectivity index (χ0v) is 12.5. The number of methoxy groups -OCH3 is 1. The number of fused-ring (bicyclic) bond motifs is 1. The van der Waals surface area contributed by atoms with Crippen LogP contribution in [0.3, 0.4) is 0 Å². The van der Waals surface area contributed by atoms with E-state index in [1.165, 1.54) is 5.01 Å². The summed E-state index contributed by atoms with van der Waals surface area (Å²) in [6.45, 7) is 2.13. The Morgan fingerprint density at radius 1 is 1.50 bits per heavy atom.